The van der Waals surface area contributed by atoms with Crippen LogP contribution >= 0.6 is 11.6 Å². The first-order valence-electron chi connectivity index (χ1n) is 17.2. The van der Waals surface area contributed by atoms with E-state index in [1.165, 1.54) is 24.3 Å². The molecule has 1 aromatic carbocycles. The van der Waals surface area contributed by atoms with Crippen molar-refractivity contribution >= 4 is 55.8 Å². The van der Waals surface area contributed by atoms with Crippen LogP contribution in [-0.2, 0) is 33.8 Å². The van der Waals surface area contributed by atoms with Gasteiger partial charge in [-0.25, -0.2) is 13.4 Å². The van der Waals surface area contributed by atoms with Gasteiger partial charge in [0.25, 0.3) is 0 Å². The number of carbonyl (C=O) groups is 4. The van der Waals surface area contributed by atoms with Gasteiger partial charge < -0.3 is 24.4 Å². The number of hydrogen-bond acceptors (Lipinski definition) is 10. The third kappa shape index (κ3) is 8.51. The van der Waals surface area contributed by atoms with E-state index in [2.05, 4.69) is 16.9 Å². The molecular formula is C37H48ClN3O9S. The largest absolute Gasteiger partial charge is 0.494 e. The average molecular weight is 746 g/mol. The summed E-state index contributed by atoms with van der Waals surface area (Å²) in [5.74, 6) is -3.52. The molecule has 1 saturated heterocycles. The van der Waals surface area contributed by atoms with E-state index >= 15 is 0 Å². The van der Waals surface area contributed by atoms with E-state index in [1.807, 2.05) is 20.8 Å². The summed E-state index contributed by atoms with van der Waals surface area (Å²) in [5, 5.41) is 4.02. The number of amides is 2. The topological polar surface area (TPSA) is 158 Å². The number of ketones is 1. The number of fused-ring (bicyclic) bond motifs is 1. The lowest BCUT2D eigenvalue weighted by Crippen LogP contribution is -2.55. The molecule has 51 heavy (non-hydrogen) atoms. The van der Waals surface area contributed by atoms with Gasteiger partial charge in [0.1, 0.15) is 34.8 Å². The summed E-state index contributed by atoms with van der Waals surface area (Å²) in [6, 6.07) is 4.07. The second kappa shape index (κ2) is 14.0. The molecule has 1 N–H and O–H groups in total. The van der Waals surface area contributed by atoms with Crippen molar-refractivity contribution in [2.24, 2.45) is 17.3 Å². The number of aromatic nitrogens is 1. The predicted octanol–water partition coefficient (Wildman–Crippen LogP) is 4.85. The van der Waals surface area contributed by atoms with E-state index in [9.17, 15) is 27.6 Å². The summed E-state index contributed by atoms with van der Waals surface area (Å²) in [6.07, 6.45) is 3.36. The number of benzene rings is 1. The minimum atomic E-state index is -3.65. The van der Waals surface area contributed by atoms with Gasteiger partial charge in [-0.15, -0.1) is 6.58 Å². The van der Waals surface area contributed by atoms with Gasteiger partial charge in [-0.05, 0) is 63.6 Å². The Morgan fingerprint density at radius 2 is 1.82 bits per heavy atom. The molecular weight excluding hydrogens is 698 g/mol. The number of likely N-dealkylation sites (tertiary alicyclic amines) is 1. The number of nitrogens with one attached hydrogen (secondary N) is 1. The van der Waals surface area contributed by atoms with Crippen molar-refractivity contribution in [3.8, 4) is 11.6 Å². The summed E-state index contributed by atoms with van der Waals surface area (Å²) in [6.45, 7) is 14.5. The van der Waals surface area contributed by atoms with Gasteiger partial charge in [-0.3, -0.25) is 19.2 Å². The number of halogens is 1. The minimum absolute atomic E-state index is 0.0278. The molecule has 3 fully saturated rings. The van der Waals surface area contributed by atoms with Crippen LogP contribution in [0.3, 0.4) is 0 Å². The predicted molar refractivity (Wildman–Crippen MR) is 192 cm³/mol. The highest BCUT2D eigenvalue weighted by Gasteiger charge is 2.61. The van der Waals surface area contributed by atoms with Crippen molar-refractivity contribution in [3.05, 3.63) is 42.1 Å². The average Bonchev–Trinajstić information content (AvgIpc) is 3.95. The van der Waals surface area contributed by atoms with Gasteiger partial charge in [-0.1, -0.05) is 38.4 Å². The fraction of sp³-hybridized carbons (Fsp3) is 0.595. The number of carbonyl (C=O) groups excluding carboxylic acids is 4. The first-order chi connectivity index (χ1) is 23.7. The summed E-state index contributed by atoms with van der Waals surface area (Å²) in [5.41, 5.74) is -2.93. The van der Waals surface area contributed by atoms with Gasteiger partial charge in [0.2, 0.25) is 17.7 Å². The number of nitrogens with zero attached hydrogens (tertiary/aromatic N) is 2. The first kappa shape index (κ1) is 38.5. The maximum Gasteiger partial charge on any atom is 0.307 e. The highest BCUT2D eigenvalue weighted by atomic mass is 35.5. The van der Waals surface area contributed by atoms with Gasteiger partial charge >= 0.3 is 5.97 Å². The van der Waals surface area contributed by atoms with Gasteiger partial charge in [0.15, 0.2) is 15.6 Å². The number of pyridine rings is 1. The number of ether oxygens (including phenoxy) is 3. The lowest BCUT2D eigenvalue weighted by Gasteiger charge is -2.35. The Morgan fingerprint density at radius 3 is 2.39 bits per heavy atom. The normalized spacial score (nSPS) is 24.1. The Kier molecular flexibility index (Phi) is 10.6. The van der Waals surface area contributed by atoms with Crippen molar-refractivity contribution < 1.29 is 41.8 Å². The zero-order chi connectivity index (χ0) is 37.7. The molecule has 12 nitrogen and oxygen atoms in total. The first-order valence-corrected chi connectivity index (χ1v) is 19.3. The summed E-state index contributed by atoms with van der Waals surface area (Å²) in [4.78, 5) is 61.3. The number of hydrogen-bond donors (Lipinski definition) is 1. The number of esters is 1. The molecule has 2 heterocycles. The molecule has 0 radical (unpaired) electrons. The molecule has 2 saturated carbocycles. The quantitative estimate of drug-likeness (QED) is 0.222. The Balaban J connectivity index is 1.46. The van der Waals surface area contributed by atoms with Crippen LogP contribution < -0.4 is 14.8 Å². The third-order valence-electron chi connectivity index (χ3n) is 9.77. The van der Waals surface area contributed by atoms with E-state index in [4.69, 9.17) is 25.8 Å². The monoisotopic (exact) mass is 745 g/mol. The maximum absolute atomic E-state index is 14.5. The summed E-state index contributed by atoms with van der Waals surface area (Å²) < 4.78 is 43.0. The maximum atomic E-state index is 14.5. The van der Waals surface area contributed by atoms with Crippen LogP contribution in [0, 0.1) is 17.3 Å². The van der Waals surface area contributed by atoms with Crippen LogP contribution in [0.25, 0.3) is 10.8 Å². The lowest BCUT2D eigenvalue weighted by molar-refractivity contribution is -0.161. The van der Waals surface area contributed by atoms with Crippen molar-refractivity contribution in [3.63, 3.8) is 0 Å². The fourth-order valence-corrected chi connectivity index (χ4v) is 8.62. The number of sulfone groups is 1. The SMILES string of the molecule is C=C[C@@H]1C[C@]1(NC(=O)[C@@H]1C[C@@H](Oc2ncc(OC)c3ccc(Cl)cc23)CN1C(=O)[C@@H](CC(=O)OC(C)(C)C)C(C)(C)C)C(=O)CS(=O)(=O)C1CC1. The zero-order valence-corrected chi connectivity index (χ0v) is 31.9. The third-order valence-corrected chi connectivity index (χ3v) is 12.2. The highest BCUT2D eigenvalue weighted by Crippen LogP contribution is 2.47. The summed E-state index contributed by atoms with van der Waals surface area (Å²) >= 11 is 6.33. The second-order valence-electron chi connectivity index (χ2n) is 15.9. The Hall–Kier alpha value is -3.71. The van der Waals surface area contributed by atoms with Crippen LogP contribution in [0.1, 0.15) is 73.6 Å². The number of rotatable bonds is 13. The molecule has 1 aliphatic heterocycles. The second-order valence-corrected chi connectivity index (χ2v) is 18.7. The Bertz CT molecular complexity index is 1850. The van der Waals surface area contributed by atoms with E-state index in [0.717, 1.165) is 0 Å². The van der Waals surface area contributed by atoms with Crippen LogP contribution in [0.5, 0.6) is 11.6 Å². The molecule has 2 aliphatic carbocycles. The van der Waals surface area contributed by atoms with E-state index in [-0.39, 0.29) is 31.7 Å². The molecule has 2 amide bonds. The van der Waals surface area contributed by atoms with Crippen LogP contribution in [0.2, 0.25) is 5.02 Å². The van der Waals surface area contributed by atoms with Crippen LogP contribution in [-0.4, -0.2) is 89.8 Å². The molecule has 0 bridgehead atoms. The van der Waals surface area contributed by atoms with E-state index in [0.29, 0.717) is 34.4 Å². The smallest absolute Gasteiger partial charge is 0.307 e. The van der Waals surface area contributed by atoms with Gasteiger partial charge in [-0.2, -0.15) is 0 Å². The minimum Gasteiger partial charge on any atom is -0.494 e. The molecule has 3 aliphatic rings. The van der Waals surface area contributed by atoms with Crippen LogP contribution in [0.15, 0.2) is 37.1 Å². The molecule has 0 spiro atoms. The van der Waals surface area contributed by atoms with Crippen molar-refractivity contribution in [2.75, 3.05) is 19.4 Å². The Morgan fingerprint density at radius 1 is 1.14 bits per heavy atom. The van der Waals surface area contributed by atoms with Gasteiger partial charge in [0, 0.05) is 28.1 Å². The Labute approximate surface area is 304 Å². The molecule has 278 valence electrons. The molecule has 0 unspecified atom stereocenters. The zero-order valence-electron chi connectivity index (χ0n) is 30.3. The van der Waals surface area contributed by atoms with E-state index in [1.54, 1.807) is 39.0 Å². The lowest BCUT2D eigenvalue weighted by atomic mass is 9.77. The molecule has 2 aromatic rings. The molecule has 5 atom stereocenters. The van der Waals surface area contributed by atoms with Crippen molar-refractivity contribution in [1.29, 1.82) is 0 Å². The van der Waals surface area contributed by atoms with Crippen LogP contribution in [0.4, 0.5) is 0 Å². The van der Waals surface area contributed by atoms with Crippen molar-refractivity contribution in [2.45, 2.75) is 102 Å². The number of Topliss-reactive ketones (excluding diaryl/α,β-unsaturated/α-hetero) is 1. The molecule has 5 rings (SSSR count). The van der Waals surface area contributed by atoms with Gasteiger partial charge in [0.05, 0.1) is 37.4 Å². The van der Waals surface area contributed by atoms with Crippen molar-refractivity contribution in [1.82, 2.24) is 15.2 Å². The van der Waals surface area contributed by atoms with E-state index < -0.39 is 84.9 Å². The standard InChI is InChI=1S/C37H48ClN3O9S/c1-9-21-17-37(21,30(42)20-51(46,47)24-11-12-24)40-32(44)28-15-23(49-33-26-14-22(38)10-13-25(26)29(48-8)18-39-33)19-41(28)34(45)27(35(2,3)4)16-31(43)50-36(5,6)7/h9-10,13-14,18,21,23-24,27-28H,1,11-12,15-17,19-20H2,2-8H3,(H,40,44)/t21-,23-,27-,28+,37-/m1/s1. The fourth-order valence-electron chi connectivity index (χ4n) is 6.73. The molecule has 1 aromatic heterocycles. The molecule has 14 heteroatoms. The summed E-state index contributed by atoms with van der Waals surface area (Å²) in [7, 11) is -2.13. The number of methoxy groups -OCH3 is 1. The highest BCUT2D eigenvalue weighted by molar-refractivity contribution is 7.93.